The maximum atomic E-state index is 12.6. The Bertz CT molecular complexity index is 836. The van der Waals surface area contributed by atoms with E-state index in [-0.39, 0.29) is 6.61 Å². The van der Waals surface area contributed by atoms with Crippen LogP contribution in [0.2, 0.25) is 0 Å². The van der Waals surface area contributed by atoms with Crippen molar-refractivity contribution in [2.45, 2.75) is 26.2 Å². The van der Waals surface area contributed by atoms with Gasteiger partial charge in [-0.2, -0.15) is 13.2 Å². The van der Waals surface area contributed by atoms with Crippen LogP contribution in [0.4, 0.5) is 13.2 Å². The molecule has 0 unspecified atom stereocenters. The van der Waals surface area contributed by atoms with Gasteiger partial charge in [0.05, 0.1) is 12.1 Å². The fourth-order valence-corrected chi connectivity index (χ4v) is 2.40. The topological polar surface area (TPSA) is 88.7 Å². The molecule has 0 heterocycles. The molecule has 0 aromatic heterocycles. The predicted octanol–water partition coefficient (Wildman–Crippen LogP) is 2.82. The normalized spacial score (nSPS) is 11.8. The Morgan fingerprint density at radius 3 is 2.45 bits per heavy atom. The summed E-state index contributed by atoms with van der Waals surface area (Å²) in [6, 6.07) is 12.1. The SMILES string of the molecule is CCNC(=NCc1cccc(OCC(N)=O)c1)NCc1ccc(C(F)(F)F)cc1. The number of benzene rings is 2. The molecular formula is C20H23F3N4O2. The van der Waals surface area contributed by atoms with Crippen LogP contribution in [0.5, 0.6) is 5.75 Å². The third-order valence-electron chi connectivity index (χ3n) is 3.78. The molecule has 9 heteroatoms. The summed E-state index contributed by atoms with van der Waals surface area (Å²) in [6.07, 6.45) is -4.35. The van der Waals surface area contributed by atoms with Gasteiger partial charge in [0, 0.05) is 13.1 Å². The zero-order valence-corrected chi connectivity index (χ0v) is 15.9. The van der Waals surface area contributed by atoms with E-state index in [2.05, 4.69) is 15.6 Å². The van der Waals surface area contributed by atoms with Crippen LogP contribution in [0.3, 0.4) is 0 Å². The van der Waals surface area contributed by atoms with E-state index in [0.29, 0.717) is 36.9 Å². The average Bonchev–Trinajstić information content (AvgIpc) is 2.68. The van der Waals surface area contributed by atoms with Crippen molar-refractivity contribution in [1.82, 2.24) is 10.6 Å². The lowest BCUT2D eigenvalue weighted by Gasteiger charge is -2.12. The van der Waals surface area contributed by atoms with Crippen molar-refractivity contribution in [1.29, 1.82) is 0 Å². The number of rotatable bonds is 8. The summed E-state index contributed by atoms with van der Waals surface area (Å²) >= 11 is 0. The third kappa shape index (κ3) is 7.73. The van der Waals surface area contributed by atoms with Crippen LogP contribution in [0.25, 0.3) is 0 Å². The third-order valence-corrected chi connectivity index (χ3v) is 3.78. The average molecular weight is 408 g/mol. The van der Waals surface area contributed by atoms with Crippen LogP contribution in [0.1, 0.15) is 23.6 Å². The number of halogens is 3. The first-order chi connectivity index (χ1) is 13.8. The quantitative estimate of drug-likeness (QED) is 0.463. The van der Waals surface area contributed by atoms with Crippen LogP contribution >= 0.6 is 0 Å². The molecule has 1 amide bonds. The van der Waals surface area contributed by atoms with Crippen LogP contribution in [-0.2, 0) is 24.1 Å². The molecule has 156 valence electrons. The number of nitrogens with one attached hydrogen (secondary N) is 2. The summed E-state index contributed by atoms with van der Waals surface area (Å²) in [5.41, 5.74) is 5.94. The van der Waals surface area contributed by atoms with Crippen molar-refractivity contribution >= 4 is 11.9 Å². The minimum Gasteiger partial charge on any atom is -0.484 e. The first-order valence-electron chi connectivity index (χ1n) is 8.96. The Hall–Kier alpha value is -3.23. The molecule has 29 heavy (non-hydrogen) atoms. The monoisotopic (exact) mass is 408 g/mol. The maximum absolute atomic E-state index is 12.6. The standard InChI is InChI=1S/C20H23F3N4O2/c1-2-25-19(26-11-14-6-8-16(9-7-14)20(21,22)23)27-12-15-4-3-5-17(10-15)29-13-18(24)28/h3-10H,2,11-13H2,1H3,(H2,24,28)(H2,25,26,27). The van der Waals surface area contributed by atoms with Gasteiger partial charge in [0.25, 0.3) is 5.91 Å². The number of hydrogen-bond acceptors (Lipinski definition) is 3. The number of aliphatic imine (C=N–C) groups is 1. The smallest absolute Gasteiger partial charge is 0.416 e. The Labute approximate surface area is 167 Å². The fraction of sp³-hybridized carbons (Fsp3) is 0.300. The second-order valence-electron chi connectivity index (χ2n) is 6.15. The molecule has 0 bridgehead atoms. The molecule has 0 radical (unpaired) electrons. The molecule has 0 aliphatic carbocycles. The molecule has 2 rings (SSSR count). The number of guanidine groups is 1. The predicted molar refractivity (Wildman–Crippen MR) is 104 cm³/mol. The van der Waals surface area contributed by atoms with Crippen LogP contribution < -0.4 is 21.1 Å². The van der Waals surface area contributed by atoms with Crippen LogP contribution in [0.15, 0.2) is 53.5 Å². The number of nitrogens with two attached hydrogens (primary N) is 1. The highest BCUT2D eigenvalue weighted by atomic mass is 19.4. The molecule has 6 nitrogen and oxygen atoms in total. The lowest BCUT2D eigenvalue weighted by Crippen LogP contribution is -2.36. The highest BCUT2D eigenvalue weighted by Crippen LogP contribution is 2.29. The number of hydrogen-bond donors (Lipinski definition) is 3. The van der Waals surface area contributed by atoms with Crippen LogP contribution in [-0.4, -0.2) is 25.0 Å². The number of carbonyl (C=O) groups excluding carboxylic acids is 1. The van der Waals surface area contributed by atoms with Gasteiger partial charge in [0.2, 0.25) is 0 Å². The summed E-state index contributed by atoms with van der Waals surface area (Å²) < 4.78 is 43.2. The Kier molecular flexibility index (Phi) is 7.88. The first-order valence-corrected chi connectivity index (χ1v) is 8.96. The zero-order chi connectivity index (χ0) is 21.3. The number of nitrogens with zero attached hydrogens (tertiary/aromatic N) is 1. The maximum Gasteiger partial charge on any atom is 0.416 e. The molecule has 0 aliphatic heterocycles. The highest BCUT2D eigenvalue weighted by molar-refractivity contribution is 5.79. The number of carbonyl (C=O) groups is 1. The molecule has 0 spiro atoms. The van der Waals surface area contributed by atoms with Gasteiger partial charge in [0.1, 0.15) is 5.75 Å². The summed E-state index contributed by atoms with van der Waals surface area (Å²) in [5, 5.41) is 6.17. The Morgan fingerprint density at radius 2 is 1.83 bits per heavy atom. The fourth-order valence-electron chi connectivity index (χ4n) is 2.40. The molecule has 4 N–H and O–H groups in total. The molecule has 0 atom stereocenters. The van der Waals surface area contributed by atoms with E-state index in [1.807, 2.05) is 13.0 Å². The van der Waals surface area contributed by atoms with E-state index >= 15 is 0 Å². The Morgan fingerprint density at radius 1 is 1.10 bits per heavy atom. The summed E-state index contributed by atoms with van der Waals surface area (Å²) in [6.45, 7) is 3.00. The number of primary amides is 1. The number of amides is 1. The highest BCUT2D eigenvalue weighted by Gasteiger charge is 2.29. The van der Waals surface area contributed by atoms with E-state index in [1.54, 1.807) is 18.2 Å². The summed E-state index contributed by atoms with van der Waals surface area (Å²) in [5.74, 6) is 0.477. The van der Waals surface area contributed by atoms with Gasteiger partial charge in [-0.15, -0.1) is 0 Å². The molecule has 0 aliphatic rings. The van der Waals surface area contributed by atoms with Gasteiger partial charge in [-0.25, -0.2) is 4.99 Å². The van der Waals surface area contributed by atoms with Gasteiger partial charge in [-0.1, -0.05) is 24.3 Å². The lowest BCUT2D eigenvalue weighted by atomic mass is 10.1. The lowest BCUT2D eigenvalue weighted by molar-refractivity contribution is -0.137. The molecule has 0 saturated carbocycles. The van der Waals surface area contributed by atoms with Crippen LogP contribution in [0, 0.1) is 0 Å². The van der Waals surface area contributed by atoms with Gasteiger partial charge in [0.15, 0.2) is 12.6 Å². The zero-order valence-electron chi connectivity index (χ0n) is 15.9. The van der Waals surface area contributed by atoms with Crippen molar-refractivity contribution in [3.63, 3.8) is 0 Å². The van der Waals surface area contributed by atoms with Gasteiger partial charge in [-0.05, 0) is 42.3 Å². The Balaban J connectivity index is 1.97. The van der Waals surface area contributed by atoms with Gasteiger partial charge >= 0.3 is 6.18 Å². The second-order valence-corrected chi connectivity index (χ2v) is 6.15. The molecular weight excluding hydrogens is 385 g/mol. The summed E-state index contributed by atoms with van der Waals surface area (Å²) in [4.78, 5) is 15.3. The molecule has 0 fully saturated rings. The van der Waals surface area contributed by atoms with E-state index in [9.17, 15) is 18.0 Å². The number of alkyl halides is 3. The van der Waals surface area contributed by atoms with Crippen molar-refractivity contribution in [3.8, 4) is 5.75 Å². The van der Waals surface area contributed by atoms with E-state index in [1.165, 1.54) is 12.1 Å². The first kappa shape index (κ1) is 22.1. The van der Waals surface area contributed by atoms with Crippen molar-refractivity contribution in [3.05, 3.63) is 65.2 Å². The molecule has 2 aromatic rings. The van der Waals surface area contributed by atoms with Crippen molar-refractivity contribution in [2.75, 3.05) is 13.2 Å². The largest absolute Gasteiger partial charge is 0.484 e. The van der Waals surface area contributed by atoms with Gasteiger partial charge < -0.3 is 21.1 Å². The number of ether oxygens (including phenoxy) is 1. The van der Waals surface area contributed by atoms with E-state index in [4.69, 9.17) is 10.5 Å². The molecule has 2 aromatic carbocycles. The molecule has 0 saturated heterocycles. The van der Waals surface area contributed by atoms with Crippen molar-refractivity contribution in [2.24, 2.45) is 10.7 Å². The van der Waals surface area contributed by atoms with Gasteiger partial charge in [-0.3, -0.25) is 4.79 Å². The summed E-state index contributed by atoms with van der Waals surface area (Å²) in [7, 11) is 0. The van der Waals surface area contributed by atoms with E-state index < -0.39 is 17.6 Å². The minimum absolute atomic E-state index is 0.204. The minimum atomic E-state index is -4.35. The second kappa shape index (κ2) is 10.4. The van der Waals surface area contributed by atoms with Crippen molar-refractivity contribution < 1.29 is 22.7 Å². The van der Waals surface area contributed by atoms with E-state index in [0.717, 1.165) is 17.7 Å².